The molecule has 0 heterocycles. The number of hydrogen-bond acceptors (Lipinski definition) is 2. The summed E-state index contributed by atoms with van der Waals surface area (Å²) in [7, 11) is 1.60. The van der Waals surface area contributed by atoms with Crippen molar-refractivity contribution < 1.29 is 14.0 Å². The molecule has 4 bridgehead atoms. The van der Waals surface area contributed by atoms with E-state index in [-0.39, 0.29) is 15.6 Å². The third-order valence-corrected chi connectivity index (χ3v) is 7.78. The monoisotopic (exact) mass is 436 g/mol. The topological polar surface area (TPSA) is 63.4 Å². The zero-order valence-electron chi connectivity index (χ0n) is 15.6. The fourth-order valence-corrected chi connectivity index (χ4v) is 7.90. The molecule has 0 aliphatic heterocycles. The molecule has 1 aromatic rings. The minimum absolute atomic E-state index is 0.0169. The standard InChI is InChI=1S/C21H26BrFN2O2/c1-25(18(19(24)27)15-3-2-4-16(23)6-15)17(26)11-20-7-13-5-14(8-20)10-21(22,9-13)12-20/h2-4,6,13-14,18H,5,7-12H2,1H3,(H2,24,27). The van der Waals surface area contributed by atoms with Crippen molar-refractivity contribution in [3.05, 3.63) is 35.6 Å². The van der Waals surface area contributed by atoms with Gasteiger partial charge in [-0.3, -0.25) is 9.59 Å². The number of nitrogens with two attached hydrogens (primary N) is 1. The van der Waals surface area contributed by atoms with Gasteiger partial charge >= 0.3 is 0 Å². The lowest BCUT2D eigenvalue weighted by Gasteiger charge is -2.60. The second-order valence-electron chi connectivity index (χ2n) is 9.15. The van der Waals surface area contributed by atoms with Gasteiger partial charge in [0.25, 0.3) is 0 Å². The van der Waals surface area contributed by atoms with Crippen molar-refractivity contribution in [2.45, 2.75) is 55.3 Å². The Morgan fingerprint density at radius 2 is 1.96 bits per heavy atom. The van der Waals surface area contributed by atoms with Gasteiger partial charge < -0.3 is 10.6 Å². The van der Waals surface area contributed by atoms with Gasteiger partial charge in [0.05, 0.1) is 0 Å². The summed E-state index contributed by atoms with van der Waals surface area (Å²) in [5.74, 6) is 0.222. The SMILES string of the molecule is CN(C(=O)CC12CC3CC(CC(Br)(C3)C1)C2)C(C(N)=O)c1cccc(F)c1. The lowest BCUT2D eigenvalue weighted by Crippen LogP contribution is -2.54. The van der Waals surface area contributed by atoms with Crippen LogP contribution in [0.25, 0.3) is 0 Å². The van der Waals surface area contributed by atoms with Crippen LogP contribution in [0.1, 0.15) is 56.6 Å². The number of primary amides is 1. The molecule has 2 N–H and O–H groups in total. The fourth-order valence-electron chi connectivity index (χ4n) is 6.39. The normalized spacial score (nSPS) is 35.1. The summed E-state index contributed by atoms with van der Waals surface area (Å²) in [5, 5.41) is 0. The van der Waals surface area contributed by atoms with E-state index in [9.17, 15) is 14.0 Å². The molecular formula is C21H26BrFN2O2. The van der Waals surface area contributed by atoms with Crippen LogP contribution in [0.3, 0.4) is 0 Å². The fraction of sp³-hybridized carbons (Fsp3) is 0.619. The van der Waals surface area contributed by atoms with E-state index in [1.807, 2.05) is 0 Å². The van der Waals surface area contributed by atoms with Crippen LogP contribution in [-0.2, 0) is 9.59 Å². The van der Waals surface area contributed by atoms with Crippen molar-refractivity contribution in [2.24, 2.45) is 23.0 Å². The van der Waals surface area contributed by atoms with Gasteiger partial charge in [0.15, 0.2) is 0 Å². The molecule has 146 valence electrons. The van der Waals surface area contributed by atoms with Crippen LogP contribution < -0.4 is 5.73 Å². The van der Waals surface area contributed by atoms with Gasteiger partial charge in [-0.05, 0) is 73.5 Å². The number of carbonyl (C=O) groups excluding carboxylic acids is 2. The Morgan fingerprint density at radius 3 is 2.52 bits per heavy atom. The van der Waals surface area contributed by atoms with Crippen LogP contribution in [0.5, 0.6) is 0 Å². The number of amides is 2. The number of carbonyl (C=O) groups is 2. The molecule has 0 spiro atoms. The molecule has 4 nitrogen and oxygen atoms in total. The summed E-state index contributed by atoms with van der Waals surface area (Å²) < 4.78 is 13.8. The van der Waals surface area contributed by atoms with E-state index >= 15 is 0 Å². The third-order valence-electron chi connectivity index (χ3n) is 6.85. The number of alkyl halides is 1. The van der Waals surface area contributed by atoms with E-state index in [1.54, 1.807) is 13.1 Å². The average molecular weight is 437 g/mol. The molecule has 1 aromatic carbocycles. The van der Waals surface area contributed by atoms with E-state index < -0.39 is 17.8 Å². The molecule has 4 aliphatic carbocycles. The first kappa shape index (κ1) is 18.9. The summed E-state index contributed by atoms with van der Waals surface area (Å²) in [6.45, 7) is 0. The summed E-state index contributed by atoms with van der Waals surface area (Å²) in [5.41, 5.74) is 6.01. The molecule has 0 saturated heterocycles. The maximum atomic E-state index is 13.6. The Morgan fingerprint density at radius 1 is 1.30 bits per heavy atom. The van der Waals surface area contributed by atoms with Gasteiger partial charge in [0, 0.05) is 17.8 Å². The van der Waals surface area contributed by atoms with Crippen LogP contribution >= 0.6 is 15.9 Å². The van der Waals surface area contributed by atoms with Crippen LogP contribution in [0, 0.1) is 23.1 Å². The molecule has 4 aliphatic rings. The minimum Gasteiger partial charge on any atom is -0.368 e. The highest BCUT2D eigenvalue weighted by Crippen LogP contribution is 2.65. The predicted octanol–water partition coefficient (Wildman–Crippen LogP) is 3.93. The van der Waals surface area contributed by atoms with Crippen molar-refractivity contribution in [1.29, 1.82) is 0 Å². The quantitative estimate of drug-likeness (QED) is 0.710. The van der Waals surface area contributed by atoms with Crippen molar-refractivity contribution in [3.8, 4) is 0 Å². The zero-order valence-corrected chi connectivity index (χ0v) is 17.2. The molecule has 0 aromatic heterocycles. The highest BCUT2D eigenvalue weighted by Gasteiger charge is 2.57. The maximum Gasteiger partial charge on any atom is 0.244 e. The van der Waals surface area contributed by atoms with E-state index in [2.05, 4.69) is 15.9 Å². The number of rotatable bonds is 5. The summed E-state index contributed by atoms with van der Waals surface area (Å²) in [4.78, 5) is 26.6. The summed E-state index contributed by atoms with van der Waals surface area (Å²) in [6, 6.07) is 4.82. The molecule has 6 heteroatoms. The molecule has 0 radical (unpaired) electrons. The van der Waals surface area contributed by atoms with Crippen LogP contribution in [0.15, 0.2) is 24.3 Å². The van der Waals surface area contributed by atoms with Crippen LogP contribution in [-0.4, -0.2) is 28.1 Å². The first-order chi connectivity index (χ1) is 12.7. The highest BCUT2D eigenvalue weighted by molar-refractivity contribution is 9.10. The summed E-state index contributed by atoms with van der Waals surface area (Å²) in [6.07, 6.45) is 7.35. The Balaban J connectivity index is 1.54. The van der Waals surface area contributed by atoms with E-state index in [0.717, 1.165) is 19.3 Å². The molecule has 3 unspecified atom stereocenters. The largest absolute Gasteiger partial charge is 0.368 e. The van der Waals surface area contributed by atoms with Crippen molar-refractivity contribution in [1.82, 2.24) is 4.90 Å². The highest BCUT2D eigenvalue weighted by atomic mass is 79.9. The first-order valence-electron chi connectivity index (χ1n) is 9.68. The summed E-state index contributed by atoms with van der Waals surface area (Å²) >= 11 is 3.98. The minimum atomic E-state index is -0.944. The van der Waals surface area contributed by atoms with E-state index in [4.69, 9.17) is 5.73 Å². The van der Waals surface area contributed by atoms with Crippen LogP contribution in [0.2, 0.25) is 0 Å². The second-order valence-corrected chi connectivity index (χ2v) is 10.8. The van der Waals surface area contributed by atoms with E-state index in [1.165, 1.54) is 42.4 Å². The molecule has 4 fully saturated rings. The average Bonchev–Trinajstić information content (AvgIpc) is 2.51. The van der Waals surface area contributed by atoms with Gasteiger partial charge in [-0.1, -0.05) is 28.1 Å². The van der Waals surface area contributed by atoms with Gasteiger partial charge in [-0.15, -0.1) is 0 Å². The second kappa shape index (κ2) is 6.57. The van der Waals surface area contributed by atoms with Gasteiger partial charge in [-0.2, -0.15) is 0 Å². The number of hydrogen-bond donors (Lipinski definition) is 1. The molecule has 5 rings (SSSR count). The number of nitrogens with zero attached hydrogens (tertiary/aromatic N) is 1. The van der Waals surface area contributed by atoms with E-state index in [0.29, 0.717) is 23.8 Å². The van der Waals surface area contributed by atoms with Crippen molar-refractivity contribution >= 4 is 27.7 Å². The smallest absolute Gasteiger partial charge is 0.244 e. The Labute approximate surface area is 167 Å². The van der Waals surface area contributed by atoms with Gasteiger partial charge in [-0.25, -0.2) is 4.39 Å². The molecule has 2 amide bonds. The van der Waals surface area contributed by atoms with Gasteiger partial charge in [0.2, 0.25) is 11.8 Å². The maximum absolute atomic E-state index is 13.6. The zero-order chi connectivity index (χ0) is 19.4. The molecule has 27 heavy (non-hydrogen) atoms. The Bertz CT molecular complexity index is 769. The molecule has 3 atom stereocenters. The molecular weight excluding hydrogens is 411 g/mol. The number of halogens is 2. The lowest BCUT2D eigenvalue weighted by molar-refractivity contribution is -0.143. The number of benzene rings is 1. The van der Waals surface area contributed by atoms with Crippen molar-refractivity contribution in [2.75, 3.05) is 7.05 Å². The van der Waals surface area contributed by atoms with Crippen molar-refractivity contribution in [3.63, 3.8) is 0 Å². The van der Waals surface area contributed by atoms with Crippen LogP contribution in [0.4, 0.5) is 4.39 Å². The lowest BCUT2D eigenvalue weighted by atomic mass is 9.48. The predicted molar refractivity (Wildman–Crippen MR) is 104 cm³/mol. The Kier molecular flexibility index (Phi) is 4.60. The molecule has 4 saturated carbocycles. The van der Waals surface area contributed by atoms with Gasteiger partial charge in [0.1, 0.15) is 11.9 Å². The first-order valence-corrected chi connectivity index (χ1v) is 10.5. The Hall–Kier alpha value is -1.43. The number of likely N-dealkylation sites (N-methyl/N-ethyl adjacent to an activating group) is 1. The third kappa shape index (κ3) is 3.53.